The summed E-state index contributed by atoms with van der Waals surface area (Å²) in [4.78, 5) is 35.9. The molecule has 1 aliphatic rings. The van der Waals surface area contributed by atoms with Crippen LogP contribution in [0.3, 0.4) is 0 Å². The van der Waals surface area contributed by atoms with Crippen molar-refractivity contribution in [3.63, 3.8) is 0 Å². The van der Waals surface area contributed by atoms with Gasteiger partial charge < -0.3 is 30.4 Å². The van der Waals surface area contributed by atoms with Crippen molar-refractivity contribution in [3.05, 3.63) is 0 Å². The van der Waals surface area contributed by atoms with Gasteiger partial charge >= 0.3 is 18.3 Å². The predicted molar refractivity (Wildman–Crippen MR) is 76.0 cm³/mol. The van der Waals surface area contributed by atoms with E-state index in [2.05, 4.69) is 5.32 Å². The molecule has 126 valence electrons. The highest BCUT2D eigenvalue weighted by Crippen LogP contribution is 2.05. The SMILES string of the molecule is C[N+]1(C(=O)O)CCNCCN(C(=O)O)CCN(C(=O)O)CC1. The molecule has 1 heterocycles. The van der Waals surface area contributed by atoms with E-state index in [1.165, 1.54) is 0 Å². The molecule has 1 rings (SSSR count). The molecular weight excluding hydrogens is 296 g/mol. The topological polar surface area (TPSA) is 130 Å². The van der Waals surface area contributed by atoms with Crippen LogP contribution >= 0.6 is 0 Å². The molecule has 0 aliphatic carbocycles. The molecular formula is C12H23N4O6+. The number of carboxylic acid groups (broad SMARTS) is 3. The zero-order chi connectivity index (χ0) is 16.8. The van der Waals surface area contributed by atoms with Crippen molar-refractivity contribution in [1.29, 1.82) is 0 Å². The fraction of sp³-hybridized carbons (Fsp3) is 0.750. The van der Waals surface area contributed by atoms with Crippen LogP contribution in [-0.4, -0.2) is 107 Å². The molecule has 1 fully saturated rings. The van der Waals surface area contributed by atoms with Gasteiger partial charge in [0.1, 0.15) is 13.1 Å². The van der Waals surface area contributed by atoms with Crippen molar-refractivity contribution in [3.8, 4) is 0 Å². The third kappa shape index (κ3) is 5.04. The average molecular weight is 319 g/mol. The number of hydrogen-bond donors (Lipinski definition) is 4. The van der Waals surface area contributed by atoms with Crippen molar-refractivity contribution in [1.82, 2.24) is 15.1 Å². The predicted octanol–water partition coefficient (Wildman–Crippen LogP) is -0.326. The van der Waals surface area contributed by atoms with E-state index in [9.17, 15) is 24.6 Å². The number of carbonyl (C=O) groups is 3. The molecule has 1 atom stereocenters. The van der Waals surface area contributed by atoms with Gasteiger partial charge in [0, 0.05) is 32.7 Å². The van der Waals surface area contributed by atoms with Crippen LogP contribution in [0.2, 0.25) is 0 Å². The molecule has 22 heavy (non-hydrogen) atoms. The van der Waals surface area contributed by atoms with Gasteiger partial charge in [-0.2, -0.15) is 4.79 Å². The molecule has 0 spiro atoms. The summed E-state index contributed by atoms with van der Waals surface area (Å²) in [5.41, 5.74) is 0. The number of rotatable bonds is 0. The lowest BCUT2D eigenvalue weighted by atomic mass is 10.3. The lowest BCUT2D eigenvalue weighted by Crippen LogP contribution is -2.56. The molecule has 1 unspecified atom stereocenters. The zero-order valence-electron chi connectivity index (χ0n) is 12.6. The van der Waals surface area contributed by atoms with Crippen LogP contribution in [0.4, 0.5) is 14.4 Å². The van der Waals surface area contributed by atoms with Gasteiger partial charge in [0.15, 0.2) is 0 Å². The minimum Gasteiger partial charge on any atom is -0.465 e. The van der Waals surface area contributed by atoms with Gasteiger partial charge in [-0.05, 0) is 0 Å². The van der Waals surface area contributed by atoms with Crippen LogP contribution < -0.4 is 5.32 Å². The summed E-state index contributed by atoms with van der Waals surface area (Å²) in [5.74, 6) is 0. The number of likely N-dealkylation sites (N-methyl/N-ethyl adjacent to an activating group) is 1. The molecule has 4 N–H and O–H groups in total. The van der Waals surface area contributed by atoms with Gasteiger partial charge in [0.05, 0.1) is 13.6 Å². The van der Waals surface area contributed by atoms with Crippen molar-refractivity contribution >= 4 is 18.3 Å². The highest BCUT2D eigenvalue weighted by atomic mass is 16.4. The highest BCUT2D eigenvalue weighted by Gasteiger charge is 2.32. The molecule has 0 radical (unpaired) electrons. The average Bonchev–Trinajstić information content (AvgIpc) is 2.41. The van der Waals surface area contributed by atoms with Gasteiger partial charge in [-0.3, -0.25) is 0 Å². The maximum atomic E-state index is 11.4. The summed E-state index contributed by atoms with van der Waals surface area (Å²) in [7, 11) is 1.54. The Morgan fingerprint density at radius 1 is 0.864 bits per heavy atom. The van der Waals surface area contributed by atoms with Gasteiger partial charge in [0.25, 0.3) is 0 Å². The van der Waals surface area contributed by atoms with E-state index in [0.29, 0.717) is 13.1 Å². The maximum absolute atomic E-state index is 11.4. The Morgan fingerprint density at radius 2 is 1.41 bits per heavy atom. The Balaban J connectivity index is 2.82. The van der Waals surface area contributed by atoms with E-state index < -0.39 is 18.3 Å². The van der Waals surface area contributed by atoms with Gasteiger partial charge in [0.2, 0.25) is 0 Å². The number of amides is 3. The molecule has 3 amide bonds. The summed E-state index contributed by atoms with van der Waals surface area (Å²) in [6, 6.07) is 0. The first-order valence-electron chi connectivity index (χ1n) is 7.01. The Kier molecular flexibility index (Phi) is 6.38. The quantitative estimate of drug-likeness (QED) is 0.450. The molecule has 0 aromatic heterocycles. The second-order valence-corrected chi connectivity index (χ2v) is 5.41. The number of hydrogen-bond acceptors (Lipinski definition) is 4. The van der Waals surface area contributed by atoms with Crippen molar-refractivity contribution in [2.75, 3.05) is 59.4 Å². The first kappa shape index (κ1) is 18.0. The first-order valence-corrected chi connectivity index (χ1v) is 7.01. The molecule has 10 nitrogen and oxygen atoms in total. The maximum Gasteiger partial charge on any atom is 0.513 e. The zero-order valence-corrected chi connectivity index (χ0v) is 12.6. The van der Waals surface area contributed by atoms with E-state index >= 15 is 0 Å². The number of nitrogens with one attached hydrogen (secondary N) is 1. The molecule has 1 saturated heterocycles. The first-order chi connectivity index (χ1) is 10.3. The lowest BCUT2D eigenvalue weighted by Gasteiger charge is -2.32. The highest BCUT2D eigenvalue weighted by molar-refractivity contribution is 5.66. The fourth-order valence-corrected chi connectivity index (χ4v) is 2.16. The van der Waals surface area contributed by atoms with E-state index in [4.69, 9.17) is 5.11 Å². The Labute approximate surface area is 128 Å². The molecule has 10 heteroatoms. The summed E-state index contributed by atoms with van der Waals surface area (Å²) in [6.07, 6.45) is -3.30. The van der Waals surface area contributed by atoms with Gasteiger partial charge in [-0.1, -0.05) is 0 Å². The van der Waals surface area contributed by atoms with E-state index in [-0.39, 0.29) is 43.8 Å². The second kappa shape index (κ2) is 7.80. The number of nitrogens with zero attached hydrogens (tertiary/aromatic N) is 3. The van der Waals surface area contributed by atoms with Crippen LogP contribution in [-0.2, 0) is 0 Å². The van der Waals surface area contributed by atoms with E-state index in [1.54, 1.807) is 7.05 Å². The summed E-state index contributed by atoms with van der Waals surface area (Å²) in [5, 5.41) is 30.6. The molecule has 0 saturated carbocycles. The molecule has 0 aromatic carbocycles. The lowest BCUT2D eigenvalue weighted by molar-refractivity contribution is -0.835. The standard InChI is InChI=1S/C12H22N4O6/c1-16(12(21)22)8-3-13-2-4-14(10(17)18)5-6-15(7-9-16)11(19)20/h13H,2-9H2,1H3,(H2-,17,18,19,20,21,22)/p+1. The molecule has 0 bridgehead atoms. The normalized spacial score (nSPS) is 25.0. The van der Waals surface area contributed by atoms with E-state index in [0.717, 1.165) is 9.80 Å². The third-order valence-corrected chi connectivity index (χ3v) is 3.85. The van der Waals surface area contributed by atoms with Crippen LogP contribution in [0, 0.1) is 0 Å². The van der Waals surface area contributed by atoms with Crippen LogP contribution in [0.25, 0.3) is 0 Å². The molecule has 1 aliphatic heterocycles. The van der Waals surface area contributed by atoms with Gasteiger partial charge in [-0.15, -0.1) is 0 Å². The van der Waals surface area contributed by atoms with Crippen molar-refractivity contribution in [2.45, 2.75) is 0 Å². The number of quaternary nitrogens is 1. The largest absolute Gasteiger partial charge is 0.513 e. The van der Waals surface area contributed by atoms with Crippen LogP contribution in [0.5, 0.6) is 0 Å². The van der Waals surface area contributed by atoms with Crippen LogP contribution in [0.1, 0.15) is 0 Å². The van der Waals surface area contributed by atoms with E-state index in [1.807, 2.05) is 0 Å². The Hall–Kier alpha value is -2.07. The monoisotopic (exact) mass is 319 g/mol. The second-order valence-electron chi connectivity index (χ2n) is 5.41. The summed E-state index contributed by atoms with van der Waals surface area (Å²) < 4.78 is -0.292. The molecule has 0 aromatic rings. The summed E-state index contributed by atoms with van der Waals surface area (Å²) in [6.45, 7) is 1.53. The van der Waals surface area contributed by atoms with Crippen molar-refractivity contribution in [2.24, 2.45) is 0 Å². The summed E-state index contributed by atoms with van der Waals surface area (Å²) >= 11 is 0. The fourth-order valence-electron chi connectivity index (χ4n) is 2.16. The minimum atomic E-state index is -1.18. The van der Waals surface area contributed by atoms with Gasteiger partial charge in [-0.25, -0.2) is 14.1 Å². The minimum absolute atomic E-state index is 0.0151. The third-order valence-electron chi connectivity index (χ3n) is 3.85. The Bertz CT molecular complexity index is 432. The Morgan fingerprint density at radius 3 is 1.91 bits per heavy atom. The smallest absolute Gasteiger partial charge is 0.465 e. The van der Waals surface area contributed by atoms with Crippen molar-refractivity contribution < 1.29 is 34.2 Å². The van der Waals surface area contributed by atoms with Crippen LogP contribution in [0.15, 0.2) is 0 Å².